The van der Waals surface area contributed by atoms with Gasteiger partial charge in [0.05, 0.1) is 35.2 Å². The van der Waals surface area contributed by atoms with Crippen LogP contribution >= 0.6 is 23.2 Å². The molecule has 1 amide bonds. The van der Waals surface area contributed by atoms with E-state index in [9.17, 15) is 4.79 Å². The van der Waals surface area contributed by atoms with E-state index in [1.54, 1.807) is 30.1 Å². The topological polar surface area (TPSA) is 69.0 Å². The number of ether oxygens (including phenoxy) is 1. The molecule has 2 heterocycles. The molecule has 0 saturated carbocycles. The van der Waals surface area contributed by atoms with Crippen LogP contribution in [0.15, 0.2) is 66.9 Å². The molecular formula is C30H28Cl2N4O2. The number of benzene rings is 2. The highest BCUT2D eigenvalue weighted by Gasteiger charge is 2.29. The predicted molar refractivity (Wildman–Crippen MR) is 152 cm³/mol. The van der Waals surface area contributed by atoms with Crippen molar-refractivity contribution in [1.29, 1.82) is 0 Å². The van der Waals surface area contributed by atoms with E-state index in [0.717, 1.165) is 59.5 Å². The van der Waals surface area contributed by atoms with E-state index < -0.39 is 0 Å². The van der Waals surface area contributed by atoms with Crippen LogP contribution in [0, 0.1) is 0 Å². The summed E-state index contributed by atoms with van der Waals surface area (Å²) in [5.41, 5.74) is 5.81. The number of carbonyl (C=O) groups excluding carboxylic acids is 1. The maximum Gasteiger partial charge on any atom is 0.272 e. The number of aromatic nitrogens is 3. The van der Waals surface area contributed by atoms with Crippen molar-refractivity contribution in [2.24, 2.45) is 0 Å². The number of nitrogens with zero attached hydrogens (tertiary/aromatic N) is 3. The SMILES string of the molecule is COc1ccc(C=C2CCCCc3c(C(=O)N[C@H](C)c4ccccn4)nn(-c4ccc(Cl)cc4Cl)c32)cc1. The zero-order valence-corrected chi connectivity index (χ0v) is 22.8. The summed E-state index contributed by atoms with van der Waals surface area (Å²) in [5, 5.41) is 8.94. The number of hydrogen-bond donors (Lipinski definition) is 1. The smallest absolute Gasteiger partial charge is 0.272 e. The van der Waals surface area contributed by atoms with Gasteiger partial charge in [-0.15, -0.1) is 0 Å². The molecule has 0 saturated heterocycles. The van der Waals surface area contributed by atoms with Crippen LogP contribution in [-0.2, 0) is 6.42 Å². The summed E-state index contributed by atoms with van der Waals surface area (Å²) in [6.45, 7) is 1.92. The number of hydrogen-bond acceptors (Lipinski definition) is 4. The van der Waals surface area contributed by atoms with Crippen LogP contribution in [0.4, 0.5) is 0 Å². The molecule has 1 atom stereocenters. The first-order valence-corrected chi connectivity index (χ1v) is 13.3. The Kier molecular flexibility index (Phi) is 7.82. The maximum atomic E-state index is 13.6. The molecular weight excluding hydrogens is 519 g/mol. The Labute approximate surface area is 232 Å². The lowest BCUT2D eigenvalue weighted by Crippen LogP contribution is -2.28. The largest absolute Gasteiger partial charge is 0.497 e. The summed E-state index contributed by atoms with van der Waals surface area (Å²) in [6.07, 6.45) is 7.41. The maximum absolute atomic E-state index is 13.6. The molecule has 1 aliphatic carbocycles. The van der Waals surface area contributed by atoms with Crippen LogP contribution in [-0.4, -0.2) is 27.8 Å². The van der Waals surface area contributed by atoms with Crippen LogP contribution in [0.5, 0.6) is 5.75 Å². The molecule has 0 aliphatic heterocycles. The zero-order valence-electron chi connectivity index (χ0n) is 21.2. The molecule has 8 heteroatoms. The van der Waals surface area contributed by atoms with Crippen LogP contribution in [0.1, 0.15) is 65.2 Å². The summed E-state index contributed by atoms with van der Waals surface area (Å²) in [4.78, 5) is 18.0. The molecule has 1 aliphatic rings. The number of amides is 1. The van der Waals surface area contributed by atoms with E-state index in [1.807, 2.05) is 55.5 Å². The lowest BCUT2D eigenvalue weighted by atomic mass is 10.0. The number of halogens is 2. The Morgan fingerprint density at radius 1 is 1.08 bits per heavy atom. The summed E-state index contributed by atoms with van der Waals surface area (Å²) in [6, 6.07) is 18.6. The van der Waals surface area contributed by atoms with Crippen LogP contribution in [0.25, 0.3) is 17.3 Å². The predicted octanol–water partition coefficient (Wildman–Crippen LogP) is 7.34. The third-order valence-corrected chi connectivity index (χ3v) is 7.24. The normalized spacial score (nSPS) is 15.0. The van der Waals surface area contributed by atoms with Crippen molar-refractivity contribution < 1.29 is 9.53 Å². The van der Waals surface area contributed by atoms with Gasteiger partial charge < -0.3 is 10.1 Å². The quantitative estimate of drug-likeness (QED) is 0.257. The second-order valence-corrected chi connectivity index (χ2v) is 10.1. The molecule has 0 bridgehead atoms. The minimum Gasteiger partial charge on any atom is -0.497 e. The summed E-state index contributed by atoms with van der Waals surface area (Å²) < 4.78 is 7.12. The number of rotatable bonds is 6. The number of methoxy groups -OCH3 is 1. The van der Waals surface area contributed by atoms with E-state index in [-0.39, 0.29) is 11.9 Å². The molecule has 2 aromatic heterocycles. The number of nitrogens with one attached hydrogen (secondary N) is 1. The van der Waals surface area contributed by atoms with Crippen LogP contribution in [0.3, 0.4) is 0 Å². The first-order chi connectivity index (χ1) is 18.4. The van der Waals surface area contributed by atoms with Gasteiger partial charge >= 0.3 is 0 Å². The van der Waals surface area contributed by atoms with Crippen molar-refractivity contribution in [2.75, 3.05) is 7.11 Å². The zero-order chi connectivity index (χ0) is 26.6. The Morgan fingerprint density at radius 3 is 2.58 bits per heavy atom. The fraction of sp³-hybridized carbons (Fsp3) is 0.233. The van der Waals surface area contributed by atoms with Crippen molar-refractivity contribution in [3.63, 3.8) is 0 Å². The van der Waals surface area contributed by atoms with Gasteiger partial charge in [0, 0.05) is 16.8 Å². The van der Waals surface area contributed by atoms with Gasteiger partial charge in [0.25, 0.3) is 5.91 Å². The van der Waals surface area contributed by atoms with Gasteiger partial charge in [0.15, 0.2) is 5.69 Å². The highest BCUT2D eigenvalue weighted by molar-refractivity contribution is 6.35. The van der Waals surface area contributed by atoms with Gasteiger partial charge in [-0.1, -0.05) is 41.4 Å². The van der Waals surface area contributed by atoms with E-state index in [0.29, 0.717) is 21.4 Å². The van der Waals surface area contributed by atoms with E-state index in [1.165, 1.54) is 0 Å². The van der Waals surface area contributed by atoms with Crippen molar-refractivity contribution >= 4 is 40.8 Å². The summed E-state index contributed by atoms with van der Waals surface area (Å²) >= 11 is 12.9. The molecule has 194 valence electrons. The third-order valence-electron chi connectivity index (χ3n) is 6.70. The fourth-order valence-electron chi connectivity index (χ4n) is 4.78. The molecule has 0 spiro atoms. The van der Waals surface area contributed by atoms with Gasteiger partial charge in [-0.2, -0.15) is 5.10 Å². The summed E-state index contributed by atoms with van der Waals surface area (Å²) in [7, 11) is 1.65. The Balaban J connectivity index is 1.63. The Bertz CT molecular complexity index is 1480. The van der Waals surface area contributed by atoms with Gasteiger partial charge in [-0.05, 0) is 92.3 Å². The minimum absolute atomic E-state index is 0.242. The molecule has 6 nitrogen and oxygen atoms in total. The van der Waals surface area contributed by atoms with Crippen LogP contribution in [0.2, 0.25) is 10.0 Å². The molecule has 1 N–H and O–H groups in total. The van der Waals surface area contributed by atoms with Crippen LogP contribution < -0.4 is 10.1 Å². The molecule has 5 rings (SSSR count). The Hall–Kier alpha value is -3.61. The standard InChI is InChI=1S/C30H28Cl2N4O2/c1-19(26-9-5-6-16-33-26)34-30(37)28-24-8-4-3-7-21(17-20-10-13-23(38-2)14-11-20)29(24)36(35-28)27-15-12-22(31)18-25(27)32/h5-6,9-19H,3-4,7-8H2,1-2H3,(H,34,37)/t19-/m1/s1. The van der Waals surface area contributed by atoms with Gasteiger partial charge in [0.1, 0.15) is 5.75 Å². The van der Waals surface area contributed by atoms with Gasteiger partial charge in [0.2, 0.25) is 0 Å². The lowest BCUT2D eigenvalue weighted by molar-refractivity contribution is 0.0932. The second kappa shape index (κ2) is 11.4. The third kappa shape index (κ3) is 5.47. The number of allylic oxidation sites excluding steroid dienone is 1. The van der Waals surface area contributed by atoms with Gasteiger partial charge in [-0.3, -0.25) is 9.78 Å². The van der Waals surface area contributed by atoms with Gasteiger partial charge in [-0.25, -0.2) is 4.68 Å². The number of fused-ring (bicyclic) bond motifs is 1. The molecule has 0 unspecified atom stereocenters. The second-order valence-electron chi connectivity index (χ2n) is 9.28. The van der Waals surface area contributed by atoms with E-state index >= 15 is 0 Å². The van der Waals surface area contributed by atoms with E-state index in [2.05, 4.69) is 16.4 Å². The van der Waals surface area contributed by atoms with Crippen molar-refractivity contribution in [3.05, 3.63) is 105 Å². The Morgan fingerprint density at radius 2 is 1.87 bits per heavy atom. The average Bonchev–Trinajstić information content (AvgIpc) is 3.18. The molecule has 0 radical (unpaired) electrons. The first kappa shape index (κ1) is 26.0. The summed E-state index contributed by atoms with van der Waals surface area (Å²) in [5.74, 6) is 0.557. The number of pyridine rings is 1. The monoisotopic (exact) mass is 546 g/mol. The molecule has 2 aromatic carbocycles. The number of carbonyl (C=O) groups is 1. The molecule has 38 heavy (non-hydrogen) atoms. The first-order valence-electron chi connectivity index (χ1n) is 12.6. The highest BCUT2D eigenvalue weighted by Crippen LogP contribution is 2.37. The van der Waals surface area contributed by atoms with E-state index in [4.69, 9.17) is 33.0 Å². The molecule has 0 fully saturated rings. The lowest BCUT2D eigenvalue weighted by Gasteiger charge is -2.13. The fourth-order valence-corrected chi connectivity index (χ4v) is 5.26. The highest BCUT2D eigenvalue weighted by atomic mass is 35.5. The van der Waals surface area contributed by atoms with Crippen molar-refractivity contribution in [3.8, 4) is 11.4 Å². The average molecular weight is 547 g/mol. The minimum atomic E-state index is -0.274. The van der Waals surface area contributed by atoms with Crippen molar-refractivity contribution in [1.82, 2.24) is 20.1 Å². The molecule has 4 aromatic rings. The van der Waals surface area contributed by atoms with Crippen molar-refractivity contribution in [2.45, 2.75) is 38.6 Å².